The van der Waals surface area contributed by atoms with Crippen LogP contribution in [0, 0.1) is 0 Å². The SMILES string of the molecule is CC1(O)CCN(C(=O)CC(N)=NO)C1. The van der Waals surface area contributed by atoms with E-state index < -0.39 is 5.60 Å². The molecule has 1 atom stereocenters. The molecule has 0 bridgehead atoms. The van der Waals surface area contributed by atoms with Crippen molar-refractivity contribution in [2.45, 2.75) is 25.4 Å². The summed E-state index contributed by atoms with van der Waals surface area (Å²) in [5, 5.41) is 20.6. The molecule has 0 spiro atoms. The minimum Gasteiger partial charge on any atom is -0.409 e. The molecule has 4 N–H and O–H groups in total. The second kappa shape index (κ2) is 3.83. The van der Waals surface area contributed by atoms with Gasteiger partial charge in [-0.25, -0.2) is 0 Å². The van der Waals surface area contributed by atoms with Gasteiger partial charge in [0.2, 0.25) is 5.91 Å². The molecule has 0 radical (unpaired) electrons. The zero-order valence-electron chi connectivity index (χ0n) is 8.10. The predicted octanol–water partition coefficient (Wildman–Crippen LogP) is -0.894. The summed E-state index contributed by atoms with van der Waals surface area (Å²) in [4.78, 5) is 13.0. The van der Waals surface area contributed by atoms with Crippen molar-refractivity contribution < 1.29 is 15.1 Å². The molecule has 1 saturated heterocycles. The number of rotatable bonds is 2. The molecule has 1 rings (SSSR count). The van der Waals surface area contributed by atoms with Gasteiger partial charge in [-0.1, -0.05) is 5.16 Å². The lowest BCUT2D eigenvalue weighted by Gasteiger charge is -2.18. The van der Waals surface area contributed by atoms with Crippen LogP contribution in [0.5, 0.6) is 0 Å². The zero-order valence-corrected chi connectivity index (χ0v) is 8.10. The number of likely N-dealkylation sites (tertiary alicyclic amines) is 1. The summed E-state index contributed by atoms with van der Waals surface area (Å²) in [6.07, 6.45) is 0.460. The zero-order chi connectivity index (χ0) is 10.8. The van der Waals surface area contributed by atoms with E-state index in [4.69, 9.17) is 10.9 Å². The quantitative estimate of drug-likeness (QED) is 0.233. The highest BCUT2D eigenvalue weighted by Crippen LogP contribution is 2.20. The Morgan fingerprint density at radius 1 is 1.71 bits per heavy atom. The third-order valence-corrected chi connectivity index (χ3v) is 2.27. The van der Waals surface area contributed by atoms with Crippen molar-refractivity contribution >= 4 is 11.7 Å². The minimum absolute atomic E-state index is 0.105. The molecular weight excluding hydrogens is 186 g/mol. The van der Waals surface area contributed by atoms with E-state index in [0.29, 0.717) is 19.5 Å². The van der Waals surface area contributed by atoms with Gasteiger partial charge in [0, 0.05) is 13.1 Å². The summed E-state index contributed by atoms with van der Waals surface area (Å²) in [7, 11) is 0. The number of oxime groups is 1. The number of carbonyl (C=O) groups is 1. The van der Waals surface area contributed by atoms with Gasteiger partial charge in [-0.15, -0.1) is 0 Å². The normalized spacial score (nSPS) is 28.1. The van der Waals surface area contributed by atoms with Gasteiger partial charge < -0.3 is 20.9 Å². The van der Waals surface area contributed by atoms with Crippen molar-refractivity contribution in [2.75, 3.05) is 13.1 Å². The van der Waals surface area contributed by atoms with E-state index in [9.17, 15) is 9.90 Å². The lowest BCUT2D eigenvalue weighted by molar-refractivity contribution is -0.129. The summed E-state index contributed by atoms with van der Waals surface area (Å²) in [5.74, 6) is -0.334. The van der Waals surface area contributed by atoms with E-state index in [0.717, 1.165) is 0 Å². The monoisotopic (exact) mass is 201 g/mol. The maximum atomic E-state index is 11.4. The number of carbonyl (C=O) groups excluding carboxylic acids is 1. The molecule has 6 heteroatoms. The van der Waals surface area contributed by atoms with Crippen LogP contribution in [-0.4, -0.2) is 45.6 Å². The molecule has 0 aromatic rings. The summed E-state index contributed by atoms with van der Waals surface area (Å²) >= 11 is 0. The first-order chi connectivity index (χ1) is 6.44. The maximum absolute atomic E-state index is 11.4. The molecule has 1 aliphatic rings. The second-order valence-corrected chi connectivity index (χ2v) is 3.83. The molecule has 0 aliphatic carbocycles. The van der Waals surface area contributed by atoms with E-state index in [1.165, 1.54) is 4.90 Å². The molecule has 1 unspecified atom stereocenters. The minimum atomic E-state index is -0.805. The van der Waals surface area contributed by atoms with Crippen LogP contribution >= 0.6 is 0 Å². The number of nitrogens with zero attached hydrogens (tertiary/aromatic N) is 2. The smallest absolute Gasteiger partial charge is 0.230 e. The first kappa shape index (κ1) is 10.8. The largest absolute Gasteiger partial charge is 0.409 e. The van der Waals surface area contributed by atoms with Crippen molar-refractivity contribution in [3.8, 4) is 0 Å². The topological polar surface area (TPSA) is 99.2 Å². The maximum Gasteiger partial charge on any atom is 0.230 e. The number of hydrogen-bond donors (Lipinski definition) is 3. The van der Waals surface area contributed by atoms with Crippen LogP contribution in [0.15, 0.2) is 5.16 Å². The van der Waals surface area contributed by atoms with Gasteiger partial charge in [0.25, 0.3) is 0 Å². The molecule has 14 heavy (non-hydrogen) atoms. The van der Waals surface area contributed by atoms with Gasteiger partial charge in [0.05, 0.1) is 12.0 Å². The average molecular weight is 201 g/mol. The fourth-order valence-electron chi connectivity index (χ4n) is 1.46. The fraction of sp³-hybridized carbons (Fsp3) is 0.750. The number of aliphatic hydroxyl groups is 1. The van der Waals surface area contributed by atoms with Gasteiger partial charge >= 0.3 is 0 Å². The molecule has 1 heterocycles. The Balaban J connectivity index is 2.48. The summed E-state index contributed by atoms with van der Waals surface area (Å²) in [6, 6.07) is 0. The Hall–Kier alpha value is -1.30. The Kier molecular flexibility index (Phi) is 2.95. The van der Waals surface area contributed by atoms with Crippen LogP contribution in [0.3, 0.4) is 0 Å². The fourth-order valence-corrected chi connectivity index (χ4v) is 1.46. The number of β-amino-alcohol motifs (C(OH)–C–C–N with tert-alkyl or cyclic N) is 1. The number of hydrogen-bond acceptors (Lipinski definition) is 4. The lowest BCUT2D eigenvalue weighted by Crippen LogP contribution is -2.35. The number of amides is 1. The van der Waals surface area contributed by atoms with E-state index in [2.05, 4.69) is 5.16 Å². The van der Waals surface area contributed by atoms with Crippen molar-refractivity contribution in [2.24, 2.45) is 10.9 Å². The first-order valence-corrected chi connectivity index (χ1v) is 4.41. The van der Waals surface area contributed by atoms with Gasteiger partial charge in [-0.05, 0) is 13.3 Å². The standard InChI is InChI=1S/C8H15N3O3/c1-8(13)2-3-11(5-8)7(12)4-6(9)10-14/h13-14H,2-5H2,1H3,(H2,9,10). The van der Waals surface area contributed by atoms with Crippen LogP contribution in [0.2, 0.25) is 0 Å². The van der Waals surface area contributed by atoms with Crippen LogP contribution in [-0.2, 0) is 4.79 Å². The molecule has 0 saturated carbocycles. The van der Waals surface area contributed by atoms with Crippen molar-refractivity contribution in [1.29, 1.82) is 0 Å². The average Bonchev–Trinajstić information content (AvgIpc) is 2.46. The highest BCUT2D eigenvalue weighted by Gasteiger charge is 2.33. The summed E-state index contributed by atoms with van der Waals surface area (Å²) in [5.41, 5.74) is 4.39. The van der Waals surface area contributed by atoms with Crippen LogP contribution in [0.25, 0.3) is 0 Å². The summed E-state index contributed by atoms with van der Waals surface area (Å²) < 4.78 is 0. The Morgan fingerprint density at radius 2 is 2.36 bits per heavy atom. The molecule has 1 amide bonds. The first-order valence-electron chi connectivity index (χ1n) is 4.41. The third kappa shape index (κ3) is 2.59. The molecule has 0 aromatic heterocycles. The second-order valence-electron chi connectivity index (χ2n) is 3.83. The van der Waals surface area contributed by atoms with Crippen molar-refractivity contribution in [3.63, 3.8) is 0 Å². The Morgan fingerprint density at radius 3 is 2.79 bits per heavy atom. The molecule has 80 valence electrons. The molecule has 0 aromatic carbocycles. The van der Waals surface area contributed by atoms with Gasteiger partial charge in [-0.2, -0.15) is 0 Å². The van der Waals surface area contributed by atoms with Gasteiger partial charge in [-0.3, -0.25) is 4.79 Å². The number of amidine groups is 1. The van der Waals surface area contributed by atoms with E-state index in [-0.39, 0.29) is 18.2 Å². The molecule has 1 fully saturated rings. The van der Waals surface area contributed by atoms with E-state index >= 15 is 0 Å². The molecular formula is C8H15N3O3. The van der Waals surface area contributed by atoms with Crippen molar-refractivity contribution in [1.82, 2.24) is 4.90 Å². The Labute approximate surface area is 82.0 Å². The van der Waals surface area contributed by atoms with Crippen molar-refractivity contribution in [3.05, 3.63) is 0 Å². The highest BCUT2D eigenvalue weighted by atomic mass is 16.4. The van der Waals surface area contributed by atoms with Gasteiger partial charge in [0.1, 0.15) is 5.84 Å². The van der Waals surface area contributed by atoms with Crippen LogP contribution < -0.4 is 5.73 Å². The van der Waals surface area contributed by atoms with E-state index in [1.807, 2.05) is 0 Å². The van der Waals surface area contributed by atoms with Crippen LogP contribution in [0.4, 0.5) is 0 Å². The summed E-state index contributed by atoms with van der Waals surface area (Å²) in [6.45, 7) is 2.51. The third-order valence-electron chi connectivity index (χ3n) is 2.27. The Bertz CT molecular complexity index is 263. The van der Waals surface area contributed by atoms with Crippen LogP contribution in [0.1, 0.15) is 19.8 Å². The lowest BCUT2D eigenvalue weighted by atomic mass is 10.1. The highest BCUT2D eigenvalue weighted by molar-refractivity contribution is 5.98. The van der Waals surface area contributed by atoms with Gasteiger partial charge in [0.15, 0.2) is 0 Å². The molecule has 1 aliphatic heterocycles. The van der Waals surface area contributed by atoms with E-state index in [1.54, 1.807) is 6.92 Å². The molecule has 6 nitrogen and oxygen atoms in total. The number of nitrogens with two attached hydrogens (primary N) is 1. The predicted molar refractivity (Wildman–Crippen MR) is 49.8 cm³/mol.